The third-order valence-corrected chi connectivity index (χ3v) is 6.66. The molecule has 11 heteroatoms. The van der Waals surface area contributed by atoms with Crippen molar-refractivity contribution < 1.29 is 22.8 Å². The summed E-state index contributed by atoms with van der Waals surface area (Å²) in [5.41, 5.74) is -1.37. The smallest absolute Gasteiger partial charge is 0.374 e. The van der Waals surface area contributed by atoms with E-state index < -0.39 is 18.2 Å². The highest BCUT2D eigenvalue weighted by molar-refractivity contribution is 7.98. The molecule has 1 aliphatic rings. The number of carbonyl (C=O) groups is 1. The van der Waals surface area contributed by atoms with Crippen molar-refractivity contribution in [1.82, 2.24) is 10.3 Å². The number of oxime groups is 1. The molecular formula is C24H18Cl2F3N3O2S. The topological polar surface area (TPSA) is 63.6 Å². The van der Waals surface area contributed by atoms with Crippen molar-refractivity contribution in [3.63, 3.8) is 0 Å². The number of pyridine rings is 1. The first-order valence-corrected chi connectivity index (χ1v) is 12.3. The lowest BCUT2D eigenvalue weighted by Gasteiger charge is -2.29. The van der Waals surface area contributed by atoms with Gasteiger partial charge < -0.3 is 10.2 Å². The van der Waals surface area contributed by atoms with E-state index in [9.17, 15) is 18.0 Å². The maximum Gasteiger partial charge on any atom is 0.435 e. The number of benzene rings is 2. The molecule has 3 aromatic rings. The van der Waals surface area contributed by atoms with Crippen LogP contribution in [0, 0.1) is 0 Å². The number of halogens is 5. The van der Waals surface area contributed by atoms with Crippen LogP contribution < -0.4 is 5.32 Å². The number of nitrogens with zero attached hydrogens (tertiary/aromatic N) is 2. The van der Waals surface area contributed by atoms with Gasteiger partial charge in [0.2, 0.25) is 0 Å². The average Bonchev–Trinajstić information content (AvgIpc) is 3.29. The van der Waals surface area contributed by atoms with Crippen LogP contribution in [-0.2, 0) is 17.0 Å². The minimum atomic E-state index is -4.79. The summed E-state index contributed by atoms with van der Waals surface area (Å²) in [5.74, 6) is -0.325. The van der Waals surface area contributed by atoms with Gasteiger partial charge in [0.1, 0.15) is 0 Å². The lowest BCUT2D eigenvalue weighted by atomic mass is 9.86. The molecule has 0 spiro atoms. The first-order valence-electron chi connectivity index (χ1n) is 10.3. The van der Waals surface area contributed by atoms with Crippen molar-refractivity contribution >= 4 is 46.6 Å². The van der Waals surface area contributed by atoms with Crippen molar-refractivity contribution in [2.45, 2.75) is 29.6 Å². The predicted octanol–water partition coefficient (Wildman–Crippen LogP) is 6.62. The van der Waals surface area contributed by atoms with Crippen LogP contribution >= 0.6 is 35.0 Å². The van der Waals surface area contributed by atoms with Crippen LogP contribution in [-0.4, -0.2) is 29.0 Å². The molecule has 182 valence electrons. The van der Waals surface area contributed by atoms with Gasteiger partial charge in [-0.2, -0.15) is 13.2 Å². The molecule has 0 radical (unpaired) electrons. The quantitative estimate of drug-likeness (QED) is 0.357. The molecule has 0 aliphatic carbocycles. The molecule has 2 aromatic carbocycles. The van der Waals surface area contributed by atoms with E-state index in [1.54, 1.807) is 42.8 Å². The van der Waals surface area contributed by atoms with Crippen molar-refractivity contribution in [3.8, 4) is 0 Å². The monoisotopic (exact) mass is 539 g/mol. The van der Waals surface area contributed by atoms with Gasteiger partial charge in [0.25, 0.3) is 11.5 Å². The van der Waals surface area contributed by atoms with Crippen LogP contribution in [0.4, 0.5) is 13.2 Å². The Balaban J connectivity index is 1.59. The Bertz CT molecular complexity index is 1270. The molecule has 5 nitrogen and oxygen atoms in total. The maximum atomic E-state index is 14.2. The van der Waals surface area contributed by atoms with Crippen LogP contribution in [0.3, 0.4) is 0 Å². The second-order valence-electron chi connectivity index (χ2n) is 7.71. The van der Waals surface area contributed by atoms with Crippen molar-refractivity contribution in [1.29, 1.82) is 0 Å². The summed E-state index contributed by atoms with van der Waals surface area (Å²) in [6, 6.07) is 13.8. The van der Waals surface area contributed by atoms with Gasteiger partial charge in [-0.25, -0.2) is 0 Å². The van der Waals surface area contributed by atoms with E-state index in [2.05, 4.69) is 15.5 Å². The van der Waals surface area contributed by atoms with Crippen molar-refractivity contribution in [2.24, 2.45) is 5.16 Å². The maximum absolute atomic E-state index is 14.2. The fourth-order valence-electron chi connectivity index (χ4n) is 3.67. The summed E-state index contributed by atoms with van der Waals surface area (Å²) in [6.07, 6.45) is -1.96. The van der Waals surface area contributed by atoms with E-state index in [0.29, 0.717) is 21.7 Å². The average molecular weight is 540 g/mol. The fourth-order valence-corrected chi connectivity index (χ4v) is 4.82. The Hall–Kier alpha value is -2.75. The van der Waals surface area contributed by atoms with Gasteiger partial charge in [-0.15, -0.1) is 11.8 Å². The zero-order valence-corrected chi connectivity index (χ0v) is 20.5. The molecule has 0 saturated heterocycles. The number of hydrogen-bond acceptors (Lipinski definition) is 5. The summed E-state index contributed by atoms with van der Waals surface area (Å²) >= 11 is 13.2. The SMILES string of the molecule is CSc1cc(C2=NOC(c3cc(Cl)cc(Cl)c3)(C(F)(F)F)C2)ccc1C(=O)NCc1ccccn1. The summed E-state index contributed by atoms with van der Waals surface area (Å²) in [4.78, 5) is 22.5. The number of carbonyl (C=O) groups excluding carboxylic acids is 1. The molecule has 0 fully saturated rings. The fraction of sp³-hybridized carbons (Fsp3) is 0.208. The number of alkyl halides is 3. The molecular weight excluding hydrogens is 522 g/mol. The van der Waals surface area contributed by atoms with Crippen LogP contribution in [0.25, 0.3) is 0 Å². The first-order chi connectivity index (χ1) is 16.6. The molecule has 1 N–H and O–H groups in total. The summed E-state index contributed by atoms with van der Waals surface area (Å²) in [6.45, 7) is 0.242. The summed E-state index contributed by atoms with van der Waals surface area (Å²) in [7, 11) is 0. The second-order valence-corrected chi connectivity index (χ2v) is 9.43. The zero-order chi connectivity index (χ0) is 25.2. The minimum Gasteiger partial charge on any atom is -0.374 e. The first kappa shape index (κ1) is 25.3. The molecule has 0 saturated carbocycles. The molecule has 1 aliphatic heterocycles. The van der Waals surface area contributed by atoms with E-state index in [4.69, 9.17) is 28.0 Å². The van der Waals surface area contributed by atoms with Gasteiger partial charge in [0.15, 0.2) is 0 Å². The number of thioether (sulfide) groups is 1. The van der Waals surface area contributed by atoms with Crippen LogP contribution in [0.2, 0.25) is 10.0 Å². The van der Waals surface area contributed by atoms with E-state index in [1.807, 2.05) is 6.07 Å². The van der Waals surface area contributed by atoms with Crippen LogP contribution in [0.1, 0.15) is 33.6 Å². The molecule has 1 amide bonds. The zero-order valence-electron chi connectivity index (χ0n) is 18.2. The van der Waals surface area contributed by atoms with Gasteiger partial charge >= 0.3 is 6.18 Å². The lowest BCUT2D eigenvalue weighted by Crippen LogP contribution is -2.42. The third-order valence-electron chi connectivity index (χ3n) is 5.45. The highest BCUT2D eigenvalue weighted by Gasteiger charge is 2.62. The van der Waals surface area contributed by atoms with E-state index in [-0.39, 0.29) is 33.8 Å². The highest BCUT2D eigenvalue weighted by atomic mass is 35.5. The number of amides is 1. The van der Waals surface area contributed by atoms with Crippen molar-refractivity contribution in [3.05, 3.63) is 93.2 Å². The highest BCUT2D eigenvalue weighted by Crippen LogP contribution is 2.49. The van der Waals surface area contributed by atoms with Crippen LogP contribution in [0.5, 0.6) is 0 Å². The third kappa shape index (κ3) is 5.27. The predicted molar refractivity (Wildman–Crippen MR) is 130 cm³/mol. The molecule has 2 heterocycles. The minimum absolute atomic E-state index is 0.0545. The van der Waals surface area contributed by atoms with E-state index in [0.717, 1.165) is 0 Å². The van der Waals surface area contributed by atoms with Crippen molar-refractivity contribution in [2.75, 3.05) is 6.26 Å². The Labute approximate surface area is 213 Å². The van der Waals surface area contributed by atoms with E-state index >= 15 is 0 Å². The largest absolute Gasteiger partial charge is 0.435 e. The van der Waals surface area contributed by atoms with Crippen LogP contribution in [0.15, 0.2) is 70.8 Å². The number of nitrogens with one attached hydrogen (secondary N) is 1. The second kappa shape index (κ2) is 10.1. The Morgan fingerprint density at radius 1 is 1.14 bits per heavy atom. The number of rotatable bonds is 6. The van der Waals surface area contributed by atoms with Gasteiger partial charge in [0.05, 0.1) is 23.5 Å². The Morgan fingerprint density at radius 3 is 2.51 bits per heavy atom. The standard InChI is InChI=1S/C24H18Cl2F3N3O2S/c1-35-21-8-14(5-6-19(21)22(33)31-13-18-4-2-3-7-30-18)20-12-23(34-32-20,24(27,28)29)15-9-16(25)11-17(26)10-15/h2-11H,12-13H2,1H3,(H,31,33). The van der Waals surface area contributed by atoms with Gasteiger partial charge in [-0.3, -0.25) is 9.78 Å². The lowest BCUT2D eigenvalue weighted by molar-refractivity contribution is -0.275. The number of aromatic nitrogens is 1. The normalized spacial score (nSPS) is 17.6. The van der Waals surface area contributed by atoms with Gasteiger partial charge in [0, 0.05) is 38.7 Å². The van der Waals surface area contributed by atoms with E-state index in [1.165, 1.54) is 30.0 Å². The molecule has 1 unspecified atom stereocenters. The molecule has 1 atom stereocenters. The Kier molecular flexibility index (Phi) is 7.30. The molecule has 1 aromatic heterocycles. The molecule has 0 bridgehead atoms. The van der Waals surface area contributed by atoms with Gasteiger partial charge in [-0.1, -0.05) is 40.5 Å². The molecule has 4 rings (SSSR count). The number of hydrogen-bond donors (Lipinski definition) is 1. The summed E-state index contributed by atoms with van der Waals surface area (Å²) in [5, 5.41) is 6.69. The Morgan fingerprint density at radius 2 is 1.89 bits per heavy atom. The van der Waals surface area contributed by atoms with Gasteiger partial charge in [-0.05, 0) is 48.7 Å². The molecule has 35 heavy (non-hydrogen) atoms. The summed E-state index contributed by atoms with van der Waals surface area (Å²) < 4.78 is 42.7.